The van der Waals surface area contributed by atoms with Crippen LogP contribution in [0.2, 0.25) is 10.0 Å². The van der Waals surface area contributed by atoms with Crippen LogP contribution in [-0.2, 0) is 37.4 Å². The maximum absolute atomic E-state index is 15.1. The maximum Gasteiger partial charge on any atom is 0.417 e. The van der Waals surface area contributed by atoms with Crippen molar-refractivity contribution >= 4 is 52.6 Å². The van der Waals surface area contributed by atoms with Gasteiger partial charge in [-0.25, -0.2) is 4.98 Å². The molecule has 0 radical (unpaired) electrons. The minimum atomic E-state index is -4.74. The molecular weight excluding hydrogens is 724 g/mol. The van der Waals surface area contributed by atoms with Crippen molar-refractivity contribution in [3.8, 4) is 0 Å². The molecule has 10 nitrogen and oxygen atoms in total. The van der Waals surface area contributed by atoms with Crippen LogP contribution in [0, 0.1) is 23.7 Å². The van der Waals surface area contributed by atoms with Gasteiger partial charge in [0.05, 0.1) is 34.3 Å². The Morgan fingerprint density at radius 2 is 1.69 bits per heavy atom. The van der Waals surface area contributed by atoms with Gasteiger partial charge in [-0.2, -0.15) is 18.2 Å². The van der Waals surface area contributed by atoms with Gasteiger partial charge in [0.15, 0.2) is 5.82 Å². The number of amides is 4. The van der Waals surface area contributed by atoms with Gasteiger partial charge in [-0.15, -0.1) is 0 Å². The number of hydrogen-bond donors (Lipinski definition) is 2. The van der Waals surface area contributed by atoms with Crippen molar-refractivity contribution in [2.75, 3.05) is 5.43 Å². The van der Waals surface area contributed by atoms with Gasteiger partial charge >= 0.3 is 6.18 Å². The molecule has 4 fully saturated rings. The van der Waals surface area contributed by atoms with E-state index in [1.165, 1.54) is 4.90 Å². The number of rotatable bonds is 6. The van der Waals surface area contributed by atoms with Gasteiger partial charge in [-0.3, -0.25) is 29.5 Å². The van der Waals surface area contributed by atoms with E-state index < -0.39 is 70.2 Å². The largest absolute Gasteiger partial charge is 0.463 e. The molecule has 2 aliphatic heterocycles. The predicted octanol–water partition coefficient (Wildman–Crippen LogP) is 6.81. The molecule has 2 N–H and O–H groups in total. The Bertz CT molecular complexity index is 2010. The van der Waals surface area contributed by atoms with Crippen LogP contribution < -0.4 is 5.43 Å². The lowest BCUT2D eigenvalue weighted by Gasteiger charge is -2.49. The van der Waals surface area contributed by atoms with E-state index in [-0.39, 0.29) is 48.0 Å². The lowest BCUT2D eigenvalue weighted by molar-refractivity contribution is -0.144. The first-order chi connectivity index (χ1) is 24.9. The number of imide groups is 2. The summed E-state index contributed by atoms with van der Waals surface area (Å²) in [7, 11) is 0. The molecule has 4 heterocycles. The first-order valence-corrected chi connectivity index (χ1v) is 18.0. The van der Waals surface area contributed by atoms with E-state index in [9.17, 15) is 32.7 Å². The topological polar surface area (TPSA) is 133 Å². The summed E-state index contributed by atoms with van der Waals surface area (Å²) in [6, 6.07) is 10.1. The molecule has 4 amide bonds. The predicted molar refractivity (Wildman–Crippen MR) is 180 cm³/mol. The summed E-state index contributed by atoms with van der Waals surface area (Å²) in [5.41, 5.74) is 0.837. The smallest absolute Gasteiger partial charge is 0.417 e. The van der Waals surface area contributed by atoms with Crippen LogP contribution in [-0.4, -0.2) is 49.7 Å². The molecule has 3 aromatic rings. The van der Waals surface area contributed by atoms with Crippen molar-refractivity contribution < 1.29 is 41.9 Å². The fraction of sp³-hybridized carbons (Fsp3) is 0.432. The molecule has 2 aromatic heterocycles. The number of nitrogens with one attached hydrogen (secondary N) is 1. The van der Waals surface area contributed by atoms with Crippen molar-refractivity contribution in [2.45, 2.75) is 75.1 Å². The van der Waals surface area contributed by atoms with Crippen LogP contribution in [0.4, 0.5) is 19.0 Å². The second kappa shape index (κ2) is 12.7. The van der Waals surface area contributed by atoms with E-state index in [1.807, 2.05) is 6.08 Å². The Labute approximate surface area is 305 Å². The lowest BCUT2D eigenvalue weighted by atomic mass is 9.50. The van der Waals surface area contributed by atoms with Crippen LogP contribution in [0.3, 0.4) is 0 Å². The summed E-state index contributed by atoms with van der Waals surface area (Å²) in [6.07, 6.45) is 2.29. The Hall–Kier alpha value is -4.20. The number of alkyl halides is 3. The number of furan rings is 1. The standard InChI is InChI=1S/C37H33Cl2F3N4O6/c38-20-8-6-18(7-9-20)36-26(33(49)46(35(36)51)44-31-27(39)14-19(16-43-31)37(40,41)42)15-25-23(30(36)28-13-10-22(17-47)52-28)11-12-24-29(25)34(50)45(32(24)48)21-4-2-1-3-5-21/h6-11,13-14,16,21,24-26,29-30,47H,1-5,12,15,17H2,(H,43,44). The summed E-state index contributed by atoms with van der Waals surface area (Å²) in [5, 5.41) is 10.6. The Balaban J connectivity index is 1.28. The number of carbonyl (C=O) groups excluding carboxylic acids is 4. The number of aromatic nitrogens is 1. The fourth-order valence-corrected chi connectivity index (χ4v) is 9.78. The summed E-state index contributed by atoms with van der Waals surface area (Å²) in [5.74, 6) is -6.05. The van der Waals surface area contributed by atoms with E-state index in [4.69, 9.17) is 27.6 Å². The minimum Gasteiger partial charge on any atom is -0.463 e. The van der Waals surface area contributed by atoms with Crippen molar-refractivity contribution in [3.63, 3.8) is 0 Å². The molecule has 0 spiro atoms. The summed E-state index contributed by atoms with van der Waals surface area (Å²) in [6.45, 7) is -0.445. The number of benzene rings is 1. The van der Waals surface area contributed by atoms with E-state index in [1.54, 1.807) is 36.4 Å². The monoisotopic (exact) mass is 756 g/mol. The molecule has 8 rings (SSSR count). The second-order valence-electron chi connectivity index (χ2n) is 14.2. The molecule has 272 valence electrons. The number of carbonyl (C=O) groups is 4. The molecule has 1 aromatic carbocycles. The van der Waals surface area contributed by atoms with Crippen molar-refractivity contribution in [1.82, 2.24) is 14.9 Å². The molecular formula is C37H33Cl2F3N4O6. The number of nitrogens with zero attached hydrogens (tertiary/aromatic N) is 3. The maximum atomic E-state index is 15.1. The van der Waals surface area contributed by atoms with Crippen molar-refractivity contribution in [1.29, 1.82) is 0 Å². The molecule has 3 aliphatic carbocycles. The number of aliphatic hydroxyl groups excluding tert-OH is 1. The zero-order chi connectivity index (χ0) is 36.7. The average molecular weight is 758 g/mol. The highest BCUT2D eigenvalue weighted by molar-refractivity contribution is 6.33. The normalized spacial score (nSPS) is 29.3. The Morgan fingerprint density at radius 1 is 0.962 bits per heavy atom. The number of anilines is 1. The summed E-state index contributed by atoms with van der Waals surface area (Å²) in [4.78, 5) is 63.5. The SMILES string of the molecule is O=C1C2CC3C(=CCC4C(=O)N(C5CCCCC5)C(=O)C43)C(c3ccc(CO)o3)C2(c2ccc(Cl)cc2)C(=O)N1Nc1ncc(C(F)(F)F)cc1Cl. The van der Waals surface area contributed by atoms with E-state index in [0.29, 0.717) is 28.4 Å². The van der Waals surface area contributed by atoms with E-state index in [2.05, 4.69) is 10.4 Å². The number of hydrogen-bond acceptors (Lipinski definition) is 8. The molecule has 15 heteroatoms. The first-order valence-electron chi connectivity index (χ1n) is 17.3. The Morgan fingerprint density at radius 3 is 2.35 bits per heavy atom. The van der Waals surface area contributed by atoms with E-state index in [0.717, 1.165) is 37.1 Å². The number of hydrazine groups is 1. The third-order valence-electron chi connectivity index (χ3n) is 11.7. The third kappa shape index (κ3) is 5.21. The third-order valence-corrected chi connectivity index (χ3v) is 12.2. The molecule has 6 atom stereocenters. The van der Waals surface area contributed by atoms with Gasteiger partial charge in [0.2, 0.25) is 11.8 Å². The van der Waals surface area contributed by atoms with Crippen LogP contribution >= 0.6 is 23.2 Å². The highest BCUT2D eigenvalue weighted by Gasteiger charge is 2.71. The molecule has 6 unspecified atom stereocenters. The lowest BCUT2D eigenvalue weighted by Crippen LogP contribution is -2.53. The van der Waals surface area contributed by atoms with Gasteiger partial charge in [-0.1, -0.05) is 66.2 Å². The van der Waals surface area contributed by atoms with Crippen molar-refractivity contribution in [3.05, 3.63) is 93.0 Å². The van der Waals surface area contributed by atoms with Gasteiger partial charge in [0, 0.05) is 17.3 Å². The summed E-state index contributed by atoms with van der Waals surface area (Å²) >= 11 is 12.5. The Kier molecular flexibility index (Phi) is 8.54. The quantitative estimate of drug-likeness (QED) is 0.207. The molecule has 2 saturated carbocycles. The van der Waals surface area contributed by atoms with Crippen molar-refractivity contribution in [2.24, 2.45) is 23.7 Å². The van der Waals surface area contributed by atoms with Crippen LogP contribution in [0.1, 0.15) is 73.5 Å². The highest BCUT2D eigenvalue weighted by atomic mass is 35.5. The number of pyridine rings is 1. The van der Waals surface area contributed by atoms with Gasteiger partial charge in [0.25, 0.3) is 11.8 Å². The van der Waals surface area contributed by atoms with Gasteiger partial charge in [0.1, 0.15) is 23.5 Å². The van der Waals surface area contributed by atoms with Crippen LogP contribution in [0.25, 0.3) is 0 Å². The van der Waals surface area contributed by atoms with Gasteiger partial charge < -0.3 is 9.52 Å². The highest BCUT2D eigenvalue weighted by Crippen LogP contribution is 2.64. The molecule has 2 saturated heterocycles. The van der Waals surface area contributed by atoms with Gasteiger partial charge in [-0.05, 0) is 67.5 Å². The van der Waals surface area contributed by atoms with Crippen LogP contribution in [0.15, 0.2) is 64.7 Å². The van der Waals surface area contributed by atoms with E-state index >= 15 is 4.79 Å². The number of aliphatic hydroxyl groups is 1. The zero-order valence-corrected chi connectivity index (χ0v) is 29.0. The van der Waals surface area contributed by atoms with Crippen LogP contribution in [0.5, 0.6) is 0 Å². The number of allylic oxidation sites excluding steroid dienone is 2. The molecule has 0 bridgehead atoms. The number of fused-ring (bicyclic) bond motifs is 4. The molecule has 5 aliphatic rings. The fourth-order valence-electron chi connectivity index (χ4n) is 9.45. The number of halogens is 5. The average Bonchev–Trinajstić information content (AvgIpc) is 3.77. The summed E-state index contributed by atoms with van der Waals surface area (Å²) < 4.78 is 46.4. The molecule has 52 heavy (non-hydrogen) atoms. The second-order valence-corrected chi connectivity index (χ2v) is 15.1. The first kappa shape index (κ1) is 34.9. The zero-order valence-electron chi connectivity index (χ0n) is 27.5. The number of likely N-dealkylation sites (tertiary alicyclic amines) is 1. The minimum absolute atomic E-state index is 0.00808.